The van der Waals surface area contributed by atoms with Crippen LogP contribution in [-0.2, 0) is 16.1 Å². The Hall–Kier alpha value is -3.04. The standard InChI is InChI=1S/C19H19FN2O6/c20-15-6-2-1-5-13(15)14-10-17(22(25)26)16(21-19(23)24)9-12(14)11-28-18-7-3-4-8-27-18/h1-2,5-6,9-10,18,21H,3-4,7-8,11H2,(H,23,24). The lowest BCUT2D eigenvalue weighted by Crippen LogP contribution is -2.22. The number of rotatable bonds is 6. The summed E-state index contributed by atoms with van der Waals surface area (Å²) in [6.07, 6.45) is 0.751. The fraction of sp³-hybridized carbons (Fsp3) is 0.316. The van der Waals surface area contributed by atoms with Crippen LogP contribution in [0.15, 0.2) is 36.4 Å². The third-order valence-electron chi connectivity index (χ3n) is 4.39. The Bertz CT molecular complexity index is 883. The monoisotopic (exact) mass is 390 g/mol. The molecule has 1 aliphatic rings. The number of carbonyl (C=O) groups is 1. The number of halogens is 1. The normalized spacial score (nSPS) is 16.5. The molecule has 0 aliphatic carbocycles. The Balaban J connectivity index is 2.03. The van der Waals surface area contributed by atoms with Crippen molar-refractivity contribution < 1.29 is 28.7 Å². The summed E-state index contributed by atoms with van der Waals surface area (Å²) >= 11 is 0. The van der Waals surface area contributed by atoms with Gasteiger partial charge in [-0.1, -0.05) is 18.2 Å². The van der Waals surface area contributed by atoms with Gasteiger partial charge in [-0.3, -0.25) is 15.4 Å². The number of hydrogen-bond donors (Lipinski definition) is 2. The fourth-order valence-electron chi connectivity index (χ4n) is 3.07. The molecular formula is C19H19FN2O6. The first-order valence-corrected chi connectivity index (χ1v) is 8.75. The van der Waals surface area contributed by atoms with Crippen LogP contribution >= 0.6 is 0 Å². The molecule has 1 atom stereocenters. The van der Waals surface area contributed by atoms with Gasteiger partial charge >= 0.3 is 6.09 Å². The minimum atomic E-state index is -1.44. The molecule has 2 aromatic carbocycles. The molecule has 0 radical (unpaired) electrons. The summed E-state index contributed by atoms with van der Waals surface area (Å²) < 4.78 is 25.6. The van der Waals surface area contributed by atoms with Gasteiger partial charge in [-0.15, -0.1) is 0 Å². The fourth-order valence-corrected chi connectivity index (χ4v) is 3.07. The second-order valence-corrected chi connectivity index (χ2v) is 6.30. The Morgan fingerprint density at radius 3 is 2.75 bits per heavy atom. The van der Waals surface area contributed by atoms with Gasteiger partial charge in [0, 0.05) is 18.2 Å². The molecule has 0 saturated carbocycles. The van der Waals surface area contributed by atoms with Gasteiger partial charge in [-0.25, -0.2) is 9.18 Å². The molecule has 9 heteroatoms. The number of anilines is 1. The van der Waals surface area contributed by atoms with Gasteiger partial charge in [0.05, 0.1) is 11.5 Å². The number of nitro benzene ring substituents is 1. The zero-order valence-corrected chi connectivity index (χ0v) is 14.9. The maximum absolute atomic E-state index is 14.3. The summed E-state index contributed by atoms with van der Waals surface area (Å²) in [5, 5.41) is 22.4. The number of nitrogens with zero attached hydrogens (tertiary/aromatic N) is 1. The smallest absolute Gasteiger partial charge is 0.409 e. The van der Waals surface area contributed by atoms with E-state index in [1.54, 1.807) is 6.07 Å². The van der Waals surface area contributed by atoms with Crippen LogP contribution in [0.2, 0.25) is 0 Å². The summed E-state index contributed by atoms with van der Waals surface area (Å²) in [6, 6.07) is 8.34. The molecular weight excluding hydrogens is 371 g/mol. The number of ether oxygens (including phenoxy) is 2. The zero-order chi connectivity index (χ0) is 20.1. The van der Waals surface area contributed by atoms with Crippen LogP contribution in [0.1, 0.15) is 24.8 Å². The lowest BCUT2D eigenvalue weighted by atomic mass is 9.97. The maximum atomic E-state index is 14.3. The number of nitrogens with one attached hydrogen (secondary N) is 1. The molecule has 3 rings (SSSR count). The number of benzene rings is 2. The second-order valence-electron chi connectivity index (χ2n) is 6.30. The van der Waals surface area contributed by atoms with Crippen molar-refractivity contribution in [3.8, 4) is 11.1 Å². The predicted octanol–water partition coefficient (Wildman–Crippen LogP) is 4.53. The lowest BCUT2D eigenvalue weighted by Gasteiger charge is -2.23. The molecule has 1 heterocycles. The van der Waals surface area contributed by atoms with E-state index in [2.05, 4.69) is 0 Å². The highest BCUT2D eigenvalue weighted by molar-refractivity contribution is 5.88. The van der Waals surface area contributed by atoms with E-state index >= 15 is 0 Å². The largest absolute Gasteiger partial charge is 0.465 e. The number of hydrogen-bond acceptors (Lipinski definition) is 5. The van der Waals surface area contributed by atoms with E-state index < -0.39 is 28.8 Å². The molecule has 2 aromatic rings. The minimum Gasteiger partial charge on any atom is -0.465 e. The van der Waals surface area contributed by atoms with Gasteiger partial charge in [0.2, 0.25) is 0 Å². The summed E-state index contributed by atoms with van der Waals surface area (Å²) in [7, 11) is 0. The number of carboxylic acid groups (broad SMARTS) is 1. The van der Waals surface area contributed by atoms with Gasteiger partial charge < -0.3 is 14.6 Å². The zero-order valence-electron chi connectivity index (χ0n) is 14.9. The number of amides is 1. The van der Waals surface area contributed by atoms with Crippen LogP contribution < -0.4 is 5.32 Å². The van der Waals surface area contributed by atoms with Crippen molar-refractivity contribution in [2.75, 3.05) is 11.9 Å². The Labute approximate surface area is 160 Å². The summed E-state index contributed by atoms with van der Waals surface area (Å²) in [4.78, 5) is 21.7. The van der Waals surface area contributed by atoms with Crippen LogP contribution in [-0.4, -0.2) is 29.0 Å². The summed E-state index contributed by atoms with van der Waals surface area (Å²) in [5.74, 6) is -0.550. The van der Waals surface area contributed by atoms with E-state index in [4.69, 9.17) is 14.6 Å². The highest BCUT2D eigenvalue weighted by atomic mass is 19.1. The molecule has 148 valence electrons. The summed E-state index contributed by atoms with van der Waals surface area (Å²) in [6.45, 7) is 0.567. The highest BCUT2D eigenvalue weighted by Gasteiger charge is 2.23. The molecule has 1 amide bonds. The Morgan fingerprint density at radius 2 is 2.11 bits per heavy atom. The van der Waals surface area contributed by atoms with Crippen molar-refractivity contribution in [3.05, 3.63) is 57.9 Å². The molecule has 1 unspecified atom stereocenters. The lowest BCUT2D eigenvalue weighted by molar-refractivity contribution is -0.383. The van der Waals surface area contributed by atoms with Crippen molar-refractivity contribution in [1.29, 1.82) is 0 Å². The number of nitro groups is 1. The molecule has 0 bridgehead atoms. The quantitative estimate of drug-likeness (QED) is 0.554. The van der Waals surface area contributed by atoms with Crippen molar-refractivity contribution in [2.45, 2.75) is 32.2 Å². The molecule has 28 heavy (non-hydrogen) atoms. The van der Waals surface area contributed by atoms with Crippen molar-refractivity contribution >= 4 is 17.5 Å². The van der Waals surface area contributed by atoms with Crippen molar-refractivity contribution in [3.63, 3.8) is 0 Å². The minimum absolute atomic E-state index is 0.0133. The van der Waals surface area contributed by atoms with Crippen LogP contribution in [0, 0.1) is 15.9 Å². The maximum Gasteiger partial charge on any atom is 0.409 e. The predicted molar refractivity (Wildman–Crippen MR) is 98.5 cm³/mol. The third-order valence-corrected chi connectivity index (χ3v) is 4.39. The van der Waals surface area contributed by atoms with Crippen LogP contribution in [0.5, 0.6) is 0 Å². The average molecular weight is 390 g/mol. The molecule has 1 saturated heterocycles. The molecule has 1 aliphatic heterocycles. The first kappa shape index (κ1) is 19.7. The van der Waals surface area contributed by atoms with Crippen molar-refractivity contribution in [1.82, 2.24) is 0 Å². The van der Waals surface area contributed by atoms with Gasteiger partial charge in [-0.05, 0) is 42.5 Å². The van der Waals surface area contributed by atoms with E-state index in [1.165, 1.54) is 24.3 Å². The van der Waals surface area contributed by atoms with Gasteiger partial charge in [0.25, 0.3) is 5.69 Å². The summed E-state index contributed by atoms with van der Waals surface area (Å²) in [5.41, 5.74) is 0.153. The third kappa shape index (κ3) is 4.62. The van der Waals surface area contributed by atoms with E-state index in [-0.39, 0.29) is 23.4 Å². The van der Waals surface area contributed by atoms with Crippen LogP contribution in [0.3, 0.4) is 0 Å². The van der Waals surface area contributed by atoms with E-state index in [0.717, 1.165) is 18.9 Å². The highest BCUT2D eigenvalue weighted by Crippen LogP contribution is 2.36. The molecule has 0 aromatic heterocycles. The van der Waals surface area contributed by atoms with E-state index in [0.29, 0.717) is 18.6 Å². The van der Waals surface area contributed by atoms with E-state index in [9.17, 15) is 19.3 Å². The van der Waals surface area contributed by atoms with Crippen LogP contribution in [0.4, 0.5) is 20.6 Å². The van der Waals surface area contributed by atoms with E-state index in [1.807, 2.05) is 5.32 Å². The molecule has 0 spiro atoms. The average Bonchev–Trinajstić information content (AvgIpc) is 2.67. The van der Waals surface area contributed by atoms with Gasteiger partial charge in [-0.2, -0.15) is 0 Å². The Morgan fingerprint density at radius 1 is 1.32 bits per heavy atom. The van der Waals surface area contributed by atoms with Crippen molar-refractivity contribution in [2.24, 2.45) is 0 Å². The molecule has 8 nitrogen and oxygen atoms in total. The van der Waals surface area contributed by atoms with Crippen LogP contribution in [0.25, 0.3) is 11.1 Å². The van der Waals surface area contributed by atoms with Gasteiger partial charge in [0.1, 0.15) is 11.5 Å². The SMILES string of the molecule is O=C(O)Nc1cc(COC2CCCCO2)c(-c2ccccc2F)cc1[N+](=O)[O-]. The molecule has 2 N–H and O–H groups in total. The first-order valence-electron chi connectivity index (χ1n) is 8.75. The second kappa shape index (κ2) is 8.77. The first-order chi connectivity index (χ1) is 13.5. The topological polar surface area (TPSA) is 111 Å². The Kier molecular flexibility index (Phi) is 6.17. The van der Waals surface area contributed by atoms with Gasteiger partial charge in [0.15, 0.2) is 6.29 Å². The molecule has 1 fully saturated rings.